The van der Waals surface area contributed by atoms with E-state index in [1.165, 1.54) is 43.9 Å². The molecule has 2 aliphatic rings. The molecule has 3 heterocycles. The largest absolute Gasteiger partial charge is 0.394 e. The zero-order chi connectivity index (χ0) is 17.8. The van der Waals surface area contributed by atoms with Crippen LogP contribution in [0.15, 0.2) is 12.7 Å². The number of imidazole rings is 1. The SMILES string of the molecule is CC1(O)[C@@H](CO)OC(n2cnc3c(NCC4CC4)ncnc32)[C@]1(C)F. The van der Waals surface area contributed by atoms with Gasteiger partial charge in [-0.25, -0.2) is 19.3 Å². The number of hydrogen-bond donors (Lipinski definition) is 3. The van der Waals surface area contributed by atoms with E-state index in [4.69, 9.17) is 4.74 Å². The highest BCUT2D eigenvalue weighted by Gasteiger charge is 2.63. The molecule has 0 spiro atoms. The van der Waals surface area contributed by atoms with Gasteiger partial charge in [0.15, 0.2) is 28.9 Å². The van der Waals surface area contributed by atoms with E-state index in [0.717, 1.165) is 6.54 Å². The molecule has 0 radical (unpaired) electrons. The van der Waals surface area contributed by atoms with Crippen molar-refractivity contribution in [2.24, 2.45) is 5.92 Å². The van der Waals surface area contributed by atoms with Gasteiger partial charge >= 0.3 is 0 Å². The summed E-state index contributed by atoms with van der Waals surface area (Å²) in [6.07, 6.45) is 3.05. The molecule has 0 amide bonds. The zero-order valence-electron chi connectivity index (χ0n) is 14.2. The molecule has 1 aliphatic carbocycles. The molecule has 2 unspecified atom stereocenters. The van der Waals surface area contributed by atoms with Crippen LogP contribution < -0.4 is 5.32 Å². The lowest BCUT2D eigenvalue weighted by atomic mass is 9.85. The average Bonchev–Trinajstić information content (AvgIpc) is 3.27. The Hall–Kier alpha value is -1.84. The Morgan fingerprint density at radius 3 is 2.76 bits per heavy atom. The number of alkyl halides is 1. The van der Waals surface area contributed by atoms with Crippen LogP contribution in [0.2, 0.25) is 0 Å². The van der Waals surface area contributed by atoms with Gasteiger partial charge in [-0.1, -0.05) is 0 Å². The predicted molar refractivity (Wildman–Crippen MR) is 87.7 cm³/mol. The summed E-state index contributed by atoms with van der Waals surface area (Å²) in [4.78, 5) is 12.7. The Balaban J connectivity index is 1.71. The van der Waals surface area contributed by atoms with Crippen molar-refractivity contribution in [3.8, 4) is 0 Å². The Labute approximate surface area is 144 Å². The molecule has 3 N–H and O–H groups in total. The lowest BCUT2D eigenvalue weighted by Crippen LogP contribution is -2.51. The minimum absolute atomic E-state index is 0.413. The van der Waals surface area contributed by atoms with E-state index in [1.807, 2.05) is 0 Å². The van der Waals surface area contributed by atoms with Crippen LogP contribution in [0.1, 0.15) is 32.9 Å². The van der Waals surface area contributed by atoms with Crippen LogP contribution in [0, 0.1) is 5.92 Å². The van der Waals surface area contributed by atoms with Crippen molar-refractivity contribution in [2.75, 3.05) is 18.5 Å². The Bertz CT molecular complexity index is 789. The number of aliphatic hydroxyl groups excluding tert-OH is 1. The van der Waals surface area contributed by atoms with Crippen LogP contribution in [0.5, 0.6) is 0 Å². The second-order valence-electron chi connectivity index (χ2n) is 7.25. The molecule has 1 saturated heterocycles. The molecule has 2 aromatic heterocycles. The normalized spacial score (nSPS) is 35.4. The van der Waals surface area contributed by atoms with Gasteiger partial charge < -0.3 is 20.3 Å². The van der Waals surface area contributed by atoms with Gasteiger partial charge in [0.25, 0.3) is 0 Å². The van der Waals surface area contributed by atoms with Crippen molar-refractivity contribution >= 4 is 17.0 Å². The third kappa shape index (κ3) is 2.49. The quantitative estimate of drug-likeness (QED) is 0.738. The van der Waals surface area contributed by atoms with Gasteiger partial charge in [-0.3, -0.25) is 4.57 Å². The first-order chi connectivity index (χ1) is 11.9. The van der Waals surface area contributed by atoms with E-state index in [-0.39, 0.29) is 0 Å². The molecule has 0 bridgehead atoms. The number of ether oxygens (including phenoxy) is 1. The second kappa shape index (κ2) is 5.58. The van der Waals surface area contributed by atoms with Crippen LogP contribution in [-0.2, 0) is 4.74 Å². The molecule has 2 fully saturated rings. The molecule has 8 nitrogen and oxygen atoms in total. The highest BCUT2D eigenvalue weighted by molar-refractivity contribution is 5.82. The van der Waals surface area contributed by atoms with Crippen molar-refractivity contribution in [3.05, 3.63) is 12.7 Å². The number of anilines is 1. The summed E-state index contributed by atoms with van der Waals surface area (Å²) in [5, 5.41) is 23.2. The third-order valence-corrected chi connectivity index (χ3v) is 5.41. The van der Waals surface area contributed by atoms with Crippen molar-refractivity contribution in [3.63, 3.8) is 0 Å². The van der Waals surface area contributed by atoms with Gasteiger partial charge in [-0.2, -0.15) is 0 Å². The Morgan fingerprint density at radius 2 is 2.12 bits per heavy atom. The topological polar surface area (TPSA) is 105 Å². The smallest absolute Gasteiger partial charge is 0.183 e. The van der Waals surface area contributed by atoms with Crippen molar-refractivity contribution < 1.29 is 19.3 Å². The molecule has 1 saturated carbocycles. The minimum Gasteiger partial charge on any atom is -0.394 e. The van der Waals surface area contributed by atoms with Crippen molar-refractivity contribution in [1.29, 1.82) is 0 Å². The van der Waals surface area contributed by atoms with E-state index in [1.54, 1.807) is 0 Å². The molecule has 0 aromatic carbocycles. The summed E-state index contributed by atoms with van der Waals surface area (Å²) in [6, 6.07) is 0. The molecule has 1 aliphatic heterocycles. The third-order valence-electron chi connectivity index (χ3n) is 5.41. The van der Waals surface area contributed by atoms with Gasteiger partial charge in [0.2, 0.25) is 0 Å². The maximum Gasteiger partial charge on any atom is 0.183 e. The zero-order valence-corrected chi connectivity index (χ0v) is 14.2. The average molecular weight is 351 g/mol. The summed E-state index contributed by atoms with van der Waals surface area (Å²) < 4.78 is 22.4. The molecule has 25 heavy (non-hydrogen) atoms. The van der Waals surface area contributed by atoms with Crippen molar-refractivity contribution in [1.82, 2.24) is 19.5 Å². The number of hydrogen-bond acceptors (Lipinski definition) is 7. The molecule has 136 valence electrons. The van der Waals surface area contributed by atoms with Gasteiger partial charge in [0, 0.05) is 6.54 Å². The summed E-state index contributed by atoms with van der Waals surface area (Å²) in [7, 11) is 0. The molecular weight excluding hydrogens is 329 g/mol. The summed E-state index contributed by atoms with van der Waals surface area (Å²) in [5.41, 5.74) is -3.05. The maximum absolute atomic E-state index is 15.4. The highest BCUT2D eigenvalue weighted by Crippen LogP contribution is 2.48. The van der Waals surface area contributed by atoms with E-state index in [2.05, 4.69) is 20.3 Å². The fourth-order valence-corrected chi connectivity index (χ4v) is 3.24. The number of rotatable bonds is 5. The van der Waals surface area contributed by atoms with Crippen molar-refractivity contribution in [2.45, 2.75) is 50.3 Å². The first-order valence-electron chi connectivity index (χ1n) is 8.45. The maximum atomic E-state index is 15.4. The first-order valence-corrected chi connectivity index (χ1v) is 8.45. The van der Waals surface area contributed by atoms with E-state index >= 15 is 4.39 Å². The number of nitrogens with zero attached hydrogens (tertiary/aromatic N) is 4. The molecular formula is C16H22FN5O3. The number of aromatic nitrogens is 4. The van der Waals surface area contributed by atoms with E-state index < -0.39 is 30.2 Å². The van der Waals surface area contributed by atoms with Crippen LogP contribution in [0.25, 0.3) is 11.2 Å². The van der Waals surface area contributed by atoms with Gasteiger partial charge in [-0.15, -0.1) is 0 Å². The van der Waals surface area contributed by atoms with Gasteiger partial charge in [-0.05, 0) is 32.6 Å². The molecule has 2 aromatic rings. The van der Waals surface area contributed by atoms with Crippen LogP contribution in [0.3, 0.4) is 0 Å². The number of fused-ring (bicyclic) bond motifs is 1. The summed E-state index contributed by atoms with van der Waals surface area (Å²) >= 11 is 0. The number of aliphatic hydroxyl groups is 2. The van der Waals surface area contributed by atoms with E-state index in [9.17, 15) is 10.2 Å². The number of nitrogens with one attached hydrogen (secondary N) is 1. The number of halogens is 1. The summed E-state index contributed by atoms with van der Waals surface area (Å²) in [6.45, 7) is 2.91. The fourth-order valence-electron chi connectivity index (χ4n) is 3.24. The fraction of sp³-hybridized carbons (Fsp3) is 0.688. The molecule has 4 rings (SSSR count). The van der Waals surface area contributed by atoms with Gasteiger partial charge in [0.05, 0.1) is 12.9 Å². The summed E-state index contributed by atoms with van der Waals surface area (Å²) in [5.74, 6) is 1.26. The minimum atomic E-state index is -2.14. The Kier molecular flexibility index (Phi) is 3.71. The second-order valence-corrected chi connectivity index (χ2v) is 7.25. The first kappa shape index (κ1) is 16.6. The van der Waals surface area contributed by atoms with Crippen LogP contribution >= 0.6 is 0 Å². The van der Waals surface area contributed by atoms with Crippen LogP contribution in [0.4, 0.5) is 10.2 Å². The highest BCUT2D eigenvalue weighted by atomic mass is 19.1. The molecule has 4 atom stereocenters. The Morgan fingerprint density at radius 1 is 1.36 bits per heavy atom. The standard InChI is InChI=1S/C16H22FN5O3/c1-15(17)14(25-10(6-23)16(15,2)24)22-8-21-11-12(18-5-9-3-4-9)19-7-20-13(11)22/h7-10,14,23-24H,3-6H2,1-2H3,(H,18,19,20)/t10-,14?,15+,16?/m1/s1. The van der Waals surface area contributed by atoms with E-state index in [0.29, 0.717) is 22.9 Å². The van der Waals surface area contributed by atoms with Gasteiger partial charge in [0.1, 0.15) is 18.0 Å². The lowest BCUT2D eigenvalue weighted by molar-refractivity contribution is -0.0891. The lowest BCUT2D eigenvalue weighted by Gasteiger charge is -2.32. The predicted octanol–water partition coefficient (Wildman–Crippen LogP) is 1.02. The monoisotopic (exact) mass is 351 g/mol. The van der Waals surface area contributed by atoms with Crippen LogP contribution in [-0.4, -0.2) is 60.3 Å². The molecule has 9 heteroatoms.